The molecule has 0 unspecified atom stereocenters. The Hall–Kier alpha value is -3.67. The van der Waals surface area contributed by atoms with E-state index in [1.165, 1.54) is 7.11 Å². The Morgan fingerprint density at radius 3 is 2.48 bits per heavy atom. The van der Waals surface area contributed by atoms with Crippen molar-refractivity contribution in [1.29, 1.82) is 0 Å². The quantitative estimate of drug-likeness (QED) is 0.581. The minimum atomic E-state index is -0.410. The highest BCUT2D eigenvalue weighted by molar-refractivity contribution is 6.04. The number of amides is 1. The Kier molecular flexibility index (Phi) is 6.24. The first-order chi connectivity index (χ1) is 14.0. The van der Waals surface area contributed by atoms with E-state index in [0.29, 0.717) is 16.9 Å². The summed E-state index contributed by atoms with van der Waals surface area (Å²) in [4.78, 5) is 28.6. The molecule has 1 amide bonds. The molecule has 148 valence electrons. The molecule has 29 heavy (non-hydrogen) atoms. The zero-order valence-electron chi connectivity index (χ0n) is 16.6. The van der Waals surface area contributed by atoms with Gasteiger partial charge in [-0.3, -0.25) is 9.78 Å². The highest BCUT2D eigenvalue weighted by Crippen LogP contribution is 2.24. The number of rotatable bonds is 6. The van der Waals surface area contributed by atoms with Crippen LogP contribution in [0.3, 0.4) is 0 Å². The number of nitrogens with one attached hydrogen (secondary N) is 2. The summed E-state index contributed by atoms with van der Waals surface area (Å²) < 4.78 is 4.75. The van der Waals surface area contributed by atoms with Crippen LogP contribution in [0.2, 0.25) is 0 Å². The van der Waals surface area contributed by atoms with Gasteiger partial charge < -0.3 is 15.4 Å². The second-order valence-electron chi connectivity index (χ2n) is 6.82. The van der Waals surface area contributed by atoms with E-state index in [1.54, 1.807) is 36.5 Å². The number of carbonyl (C=O) groups is 2. The standard InChI is InChI=1S/C23H23N3O3/c1-15(2)19-9-4-5-10-20(19)26-22(27)21-14-18(11-12-24-21)25-17-8-6-7-16(13-17)23(28)29-3/h4-15H,1-3H3,(H,24,25)(H,26,27). The fraction of sp³-hybridized carbons (Fsp3) is 0.174. The lowest BCUT2D eigenvalue weighted by Crippen LogP contribution is -2.15. The largest absolute Gasteiger partial charge is 0.465 e. The summed E-state index contributed by atoms with van der Waals surface area (Å²) in [6.07, 6.45) is 1.57. The Morgan fingerprint density at radius 2 is 1.72 bits per heavy atom. The van der Waals surface area contributed by atoms with Crippen LogP contribution in [0.4, 0.5) is 17.1 Å². The second kappa shape index (κ2) is 9.01. The first-order valence-corrected chi connectivity index (χ1v) is 9.29. The number of pyridine rings is 1. The normalized spacial score (nSPS) is 10.5. The molecule has 0 saturated heterocycles. The smallest absolute Gasteiger partial charge is 0.337 e. The van der Waals surface area contributed by atoms with Crippen molar-refractivity contribution in [3.63, 3.8) is 0 Å². The van der Waals surface area contributed by atoms with Gasteiger partial charge in [-0.15, -0.1) is 0 Å². The number of nitrogens with zero attached hydrogens (tertiary/aromatic N) is 1. The number of ether oxygens (including phenoxy) is 1. The van der Waals surface area contributed by atoms with Crippen molar-refractivity contribution in [2.75, 3.05) is 17.7 Å². The summed E-state index contributed by atoms with van der Waals surface area (Å²) in [6, 6.07) is 18.1. The molecule has 3 aromatic rings. The van der Waals surface area contributed by atoms with E-state index >= 15 is 0 Å². The Morgan fingerprint density at radius 1 is 0.966 bits per heavy atom. The summed E-state index contributed by atoms with van der Waals surface area (Å²) in [5, 5.41) is 6.12. The van der Waals surface area contributed by atoms with Gasteiger partial charge in [0.05, 0.1) is 12.7 Å². The van der Waals surface area contributed by atoms with E-state index in [-0.39, 0.29) is 17.5 Å². The lowest BCUT2D eigenvalue weighted by molar-refractivity contribution is 0.0600. The molecule has 2 aromatic carbocycles. The van der Waals surface area contributed by atoms with E-state index < -0.39 is 5.97 Å². The molecule has 0 spiro atoms. The van der Waals surface area contributed by atoms with Crippen LogP contribution in [-0.4, -0.2) is 24.0 Å². The van der Waals surface area contributed by atoms with Gasteiger partial charge in [-0.25, -0.2) is 4.79 Å². The Bertz CT molecular complexity index is 1030. The fourth-order valence-electron chi connectivity index (χ4n) is 2.94. The van der Waals surface area contributed by atoms with Crippen molar-refractivity contribution in [2.45, 2.75) is 19.8 Å². The molecule has 1 aromatic heterocycles. The minimum Gasteiger partial charge on any atom is -0.465 e. The number of esters is 1. The van der Waals surface area contributed by atoms with Gasteiger partial charge in [0.15, 0.2) is 0 Å². The highest BCUT2D eigenvalue weighted by atomic mass is 16.5. The maximum absolute atomic E-state index is 12.7. The molecule has 0 fully saturated rings. The third-order valence-corrected chi connectivity index (χ3v) is 4.40. The SMILES string of the molecule is COC(=O)c1cccc(Nc2ccnc(C(=O)Nc3ccccc3C(C)C)c2)c1. The van der Waals surface area contributed by atoms with Gasteiger partial charge in [-0.05, 0) is 47.9 Å². The zero-order valence-corrected chi connectivity index (χ0v) is 16.6. The molecule has 0 aliphatic rings. The van der Waals surface area contributed by atoms with Gasteiger partial charge >= 0.3 is 5.97 Å². The number of methoxy groups -OCH3 is 1. The van der Waals surface area contributed by atoms with E-state index in [0.717, 1.165) is 11.3 Å². The second-order valence-corrected chi connectivity index (χ2v) is 6.82. The third-order valence-electron chi connectivity index (χ3n) is 4.40. The van der Waals surface area contributed by atoms with Crippen molar-refractivity contribution in [3.8, 4) is 0 Å². The molecule has 0 bridgehead atoms. The number of para-hydroxylation sites is 1. The molecule has 0 saturated carbocycles. The number of aromatic nitrogens is 1. The van der Waals surface area contributed by atoms with Crippen molar-refractivity contribution < 1.29 is 14.3 Å². The predicted molar refractivity (Wildman–Crippen MR) is 114 cm³/mol. The average molecular weight is 389 g/mol. The Balaban J connectivity index is 1.78. The van der Waals surface area contributed by atoms with Gasteiger partial charge in [0.1, 0.15) is 5.69 Å². The molecule has 0 aliphatic carbocycles. The number of hydrogen-bond donors (Lipinski definition) is 2. The van der Waals surface area contributed by atoms with Crippen LogP contribution in [0.1, 0.15) is 46.2 Å². The minimum absolute atomic E-state index is 0.287. The van der Waals surface area contributed by atoms with Crippen molar-refractivity contribution in [2.24, 2.45) is 0 Å². The molecule has 1 heterocycles. The summed E-state index contributed by atoms with van der Waals surface area (Å²) in [7, 11) is 1.34. The maximum Gasteiger partial charge on any atom is 0.337 e. The Labute approximate surface area is 169 Å². The number of anilines is 3. The average Bonchev–Trinajstić information content (AvgIpc) is 2.73. The monoisotopic (exact) mass is 389 g/mol. The molecular weight excluding hydrogens is 366 g/mol. The number of benzene rings is 2. The van der Waals surface area contributed by atoms with Crippen LogP contribution < -0.4 is 10.6 Å². The summed E-state index contributed by atoms with van der Waals surface area (Å²) in [5.74, 6) is -0.410. The van der Waals surface area contributed by atoms with Crippen LogP contribution in [0, 0.1) is 0 Å². The summed E-state index contributed by atoms with van der Waals surface area (Å²) in [6.45, 7) is 4.16. The van der Waals surface area contributed by atoms with Gasteiger partial charge in [0.2, 0.25) is 0 Å². The van der Waals surface area contributed by atoms with E-state index in [9.17, 15) is 9.59 Å². The zero-order chi connectivity index (χ0) is 20.8. The predicted octanol–water partition coefficient (Wildman–Crippen LogP) is 4.99. The molecule has 2 N–H and O–H groups in total. The number of carbonyl (C=O) groups excluding carboxylic acids is 2. The van der Waals surface area contributed by atoms with Crippen molar-refractivity contribution in [3.05, 3.63) is 83.7 Å². The maximum atomic E-state index is 12.7. The summed E-state index contributed by atoms with van der Waals surface area (Å²) >= 11 is 0. The summed E-state index contributed by atoms with van der Waals surface area (Å²) in [5.41, 5.74) is 3.96. The topological polar surface area (TPSA) is 80.3 Å². The molecule has 6 heteroatoms. The first-order valence-electron chi connectivity index (χ1n) is 9.29. The van der Waals surface area contributed by atoms with Crippen LogP contribution in [0.15, 0.2) is 66.9 Å². The number of hydrogen-bond acceptors (Lipinski definition) is 5. The lowest BCUT2D eigenvalue weighted by atomic mass is 10.0. The van der Waals surface area contributed by atoms with Crippen molar-refractivity contribution >= 4 is 28.9 Å². The van der Waals surface area contributed by atoms with Crippen LogP contribution in [0.25, 0.3) is 0 Å². The molecule has 0 aliphatic heterocycles. The van der Waals surface area contributed by atoms with Crippen LogP contribution >= 0.6 is 0 Å². The van der Waals surface area contributed by atoms with Gasteiger partial charge in [-0.1, -0.05) is 38.1 Å². The first kappa shape index (κ1) is 20.1. The lowest BCUT2D eigenvalue weighted by Gasteiger charge is -2.14. The van der Waals surface area contributed by atoms with Gasteiger partial charge in [0, 0.05) is 23.3 Å². The van der Waals surface area contributed by atoms with Crippen molar-refractivity contribution in [1.82, 2.24) is 4.98 Å². The van der Waals surface area contributed by atoms with Crippen LogP contribution in [-0.2, 0) is 4.74 Å². The van der Waals surface area contributed by atoms with E-state index in [4.69, 9.17) is 4.74 Å². The van der Waals surface area contributed by atoms with Crippen LogP contribution in [0.5, 0.6) is 0 Å². The molecule has 6 nitrogen and oxygen atoms in total. The van der Waals surface area contributed by atoms with Gasteiger partial charge in [-0.2, -0.15) is 0 Å². The van der Waals surface area contributed by atoms with Gasteiger partial charge in [0.25, 0.3) is 5.91 Å². The molecule has 3 rings (SSSR count). The molecule has 0 atom stereocenters. The highest BCUT2D eigenvalue weighted by Gasteiger charge is 2.13. The third kappa shape index (κ3) is 4.99. The molecule has 0 radical (unpaired) electrons. The fourth-order valence-corrected chi connectivity index (χ4v) is 2.94. The van der Waals surface area contributed by atoms with E-state index in [2.05, 4.69) is 29.5 Å². The molecular formula is C23H23N3O3. The van der Waals surface area contributed by atoms with E-state index in [1.807, 2.05) is 30.3 Å².